The Bertz CT molecular complexity index is 729. The molecule has 1 amide bonds. The van der Waals surface area contributed by atoms with Crippen molar-refractivity contribution in [3.8, 4) is 5.82 Å². The summed E-state index contributed by atoms with van der Waals surface area (Å²) in [6.45, 7) is 0. The van der Waals surface area contributed by atoms with Gasteiger partial charge in [0.2, 0.25) is 5.91 Å². The number of carbonyl (C=O) groups excluding carboxylic acids is 1. The number of amides is 1. The highest BCUT2D eigenvalue weighted by Gasteiger charge is 2.01. The molecule has 21 heavy (non-hydrogen) atoms. The average Bonchev–Trinajstić information content (AvgIpc) is 3.19. The van der Waals surface area contributed by atoms with Crippen LogP contribution in [0.3, 0.4) is 0 Å². The molecule has 3 rings (SSSR count). The molecule has 1 N–H and O–H groups in total. The Balaban J connectivity index is 1.64. The Morgan fingerprint density at radius 3 is 2.95 bits per heavy atom. The highest BCUT2D eigenvalue weighted by molar-refractivity contribution is 6.01. The molecule has 0 atom stereocenters. The Morgan fingerprint density at radius 1 is 1.33 bits per heavy atom. The number of furan rings is 1. The number of imidazole rings is 1. The van der Waals surface area contributed by atoms with Crippen LogP contribution in [0, 0.1) is 0 Å². The minimum Gasteiger partial charge on any atom is -0.465 e. The summed E-state index contributed by atoms with van der Waals surface area (Å²) in [7, 11) is 0. The topological polar surface area (TPSA) is 73.0 Å². The molecule has 0 aliphatic heterocycles. The number of hydrogen-bond acceptors (Lipinski definition) is 4. The van der Waals surface area contributed by atoms with Gasteiger partial charge in [0.05, 0.1) is 18.1 Å². The van der Waals surface area contributed by atoms with Crippen LogP contribution in [0.25, 0.3) is 11.9 Å². The quantitative estimate of drug-likeness (QED) is 0.745. The first-order chi connectivity index (χ1) is 10.3. The Kier molecular flexibility index (Phi) is 3.60. The van der Waals surface area contributed by atoms with Crippen LogP contribution in [-0.2, 0) is 4.79 Å². The third kappa shape index (κ3) is 3.24. The van der Waals surface area contributed by atoms with Crippen LogP contribution in [0.2, 0.25) is 0 Å². The van der Waals surface area contributed by atoms with E-state index in [1.54, 1.807) is 66.1 Å². The SMILES string of the molecule is O=C(/C=C/c1ccco1)Nc1ccc(-n2ccnc2)nc1. The zero-order valence-corrected chi connectivity index (χ0v) is 11.0. The lowest BCUT2D eigenvalue weighted by Gasteiger charge is -2.04. The molecule has 0 aliphatic carbocycles. The van der Waals surface area contributed by atoms with Gasteiger partial charge >= 0.3 is 0 Å². The lowest BCUT2D eigenvalue weighted by Crippen LogP contribution is -2.08. The van der Waals surface area contributed by atoms with Crippen LogP contribution in [0.4, 0.5) is 5.69 Å². The average molecular weight is 280 g/mol. The molecule has 3 aromatic heterocycles. The number of pyridine rings is 1. The number of anilines is 1. The fourth-order valence-corrected chi connectivity index (χ4v) is 1.74. The first-order valence-electron chi connectivity index (χ1n) is 6.28. The highest BCUT2D eigenvalue weighted by Crippen LogP contribution is 2.10. The Morgan fingerprint density at radius 2 is 2.29 bits per heavy atom. The van der Waals surface area contributed by atoms with Crippen LogP contribution in [-0.4, -0.2) is 20.4 Å². The molecular weight excluding hydrogens is 268 g/mol. The van der Waals surface area contributed by atoms with Crippen molar-refractivity contribution >= 4 is 17.7 Å². The van der Waals surface area contributed by atoms with Crippen LogP contribution >= 0.6 is 0 Å². The monoisotopic (exact) mass is 280 g/mol. The minimum atomic E-state index is -0.247. The van der Waals surface area contributed by atoms with Crippen molar-refractivity contribution in [2.24, 2.45) is 0 Å². The van der Waals surface area contributed by atoms with Crippen molar-refractivity contribution in [1.29, 1.82) is 0 Å². The number of rotatable bonds is 4. The van der Waals surface area contributed by atoms with Gasteiger partial charge in [0, 0.05) is 18.5 Å². The summed E-state index contributed by atoms with van der Waals surface area (Å²) in [4.78, 5) is 19.9. The molecule has 0 fully saturated rings. The molecular formula is C15H12N4O2. The second-order valence-electron chi connectivity index (χ2n) is 4.21. The van der Waals surface area contributed by atoms with E-state index in [-0.39, 0.29) is 5.91 Å². The van der Waals surface area contributed by atoms with Gasteiger partial charge in [0.1, 0.15) is 17.9 Å². The van der Waals surface area contributed by atoms with E-state index in [2.05, 4.69) is 15.3 Å². The molecule has 0 aliphatic rings. The van der Waals surface area contributed by atoms with E-state index in [1.165, 1.54) is 6.08 Å². The summed E-state index contributed by atoms with van der Waals surface area (Å²) in [6, 6.07) is 7.11. The third-order valence-corrected chi connectivity index (χ3v) is 2.73. The lowest BCUT2D eigenvalue weighted by atomic mass is 10.3. The molecule has 0 unspecified atom stereocenters. The zero-order valence-electron chi connectivity index (χ0n) is 11.0. The van der Waals surface area contributed by atoms with Gasteiger partial charge in [-0.3, -0.25) is 9.36 Å². The van der Waals surface area contributed by atoms with Crippen molar-refractivity contribution in [2.45, 2.75) is 0 Å². The van der Waals surface area contributed by atoms with Gasteiger partial charge in [-0.2, -0.15) is 0 Å². The summed E-state index contributed by atoms with van der Waals surface area (Å²) in [5.41, 5.74) is 0.618. The number of nitrogens with one attached hydrogen (secondary N) is 1. The van der Waals surface area contributed by atoms with Gasteiger partial charge in [-0.05, 0) is 30.3 Å². The summed E-state index contributed by atoms with van der Waals surface area (Å²) >= 11 is 0. The van der Waals surface area contributed by atoms with E-state index in [4.69, 9.17) is 4.42 Å². The van der Waals surface area contributed by atoms with E-state index < -0.39 is 0 Å². The molecule has 0 aromatic carbocycles. The smallest absolute Gasteiger partial charge is 0.248 e. The van der Waals surface area contributed by atoms with E-state index >= 15 is 0 Å². The molecule has 3 heterocycles. The molecule has 3 aromatic rings. The highest BCUT2D eigenvalue weighted by atomic mass is 16.3. The van der Waals surface area contributed by atoms with Gasteiger partial charge < -0.3 is 9.73 Å². The van der Waals surface area contributed by atoms with Gasteiger partial charge in [-0.1, -0.05) is 0 Å². The van der Waals surface area contributed by atoms with Crippen molar-refractivity contribution in [3.05, 3.63) is 67.3 Å². The van der Waals surface area contributed by atoms with E-state index in [1.807, 2.05) is 0 Å². The fraction of sp³-hybridized carbons (Fsp3) is 0. The van der Waals surface area contributed by atoms with E-state index in [0.717, 1.165) is 5.82 Å². The third-order valence-electron chi connectivity index (χ3n) is 2.73. The number of aromatic nitrogens is 3. The standard InChI is InChI=1S/C15H12N4O2/c20-15(6-4-13-2-1-9-21-13)18-12-3-5-14(17-10-12)19-8-7-16-11-19/h1-11H,(H,18,20)/b6-4+. The lowest BCUT2D eigenvalue weighted by molar-refractivity contribution is -0.111. The maximum Gasteiger partial charge on any atom is 0.248 e. The molecule has 6 nitrogen and oxygen atoms in total. The van der Waals surface area contributed by atoms with Crippen molar-refractivity contribution in [2.75, 3.05) is 5.32 Å². The normalized spacial score (nSPS) is 10.9. The largest absolute Gasteiger partial charge is 0.465 e. The number of carbonyl (C=O) groups is 1. The van der Waals surface area contributed by atoms with Crippen molar-refractivity contribution < 1.29 is 9.21 Å². The summed E-state index contributed by atoms with van der Waals surface area (Å²) < 4.78 is 6.88. The molecule has 0 bridgehead atoms. The molecule has 0 saturated heterocycles. The number of hydrogen-bond donors (Lipinski definition) is 1. The van der Waals surface area contributed by atoms with Crippen molar-refractivity contribution in [1.82, 2.24) is 14.5 Å². The molecule has 104 valence electrons. The maximum atomic E-state index is 11.7. The first kappa shape index (κ1) is 12.9. The van der Waals surface area contributed by atoms with Crippen LogP contribution in [0.15, 0.2) is 65.9 Å². The first-order valence-corrected chi connectivity index (χ1v) is 6.28. The van der Waals surface area contributed by atoms with Crippen LogP contribution in [0.1, 0.15) is 5.76 Å². The predicted molar refractivity (Wildman–Crippen MR) is 77.7 cm³/mol. The van der Waals surface area contributed by atoms with E-state index in [0.29, 0.717) is 11.4 Å². The second kappa shape index (κ2) is 5.87. The number of nitrogens with zero attached hydrogens (tertiary/aromatic N) is 3. The van der Waals surface area contributed by atoms with Crippen LogP contribution in [0.5, 0.6) is 0 Å². The molecule has 0 radical (unpaired) electrons. The van der Waals surface area contributed by atoms with Gasteiger partial charge in [-0.15, -0.1) is 0 Å². The minimum absolute atomic E-state index is 0.247. The second-order valence-corrected chi connectivity index (χ2v) is 4.21. The fourth-order valence-electron chi connectivity index (χ4n) is 1.74. The van der Waals surface area contributed by atoms with E-state index in [9.17, 15) is 4.79 Å². The Hall–Kier alpha value is -3.15. The van der Waals surface area contributed by atoms with Gasteiger partial charge in [-0.25, -0.2) is 9.97 Å². The maximum absolute atomic E-state index is 11.7. The Labute approximate surface area is 120 Å². The summed E-state index contributed by atoms with van der Waals surface area (Å²) in [5, 5.41) is 2.72. The zero-order chi connectivity index (χ0) is 14.5. The van der Waals surface area contributed by atoms with Crippen LogP contribution < -0.4 is 5.32 Å². The van der Waals surface area contributed by atoms with Gasteiger partial charge in [0.15, 0.2) is 0 Å². The predicted octanol–water partition coefficient (Wildman–Crippen LogP) is 2.51. The summed E-state index contributed by atoms with van der Waals surface area (Å²) in [6.07, 6.45) is 11.3. The summed E-state index contributed by atoms with van der Waals surface area (Å²) in [5.74, 6) is 1.11. The molecule has 0 saturated carbocycles. The van der Waals surface area contributed by atoms with Gasteiger partial charge in [0.25, 0.3) is 0 Å². The molecule has 0 spiro atoms. The van der Waals surface area contributed by atoms with Crippen molar-refractivity contribution in [3.63, 3.8) is 0 Å². The molecule has 6 heteroatoms.